The zero-order chi connectivity index (χ0) is 23.1. The molecule has 2 aliphatic rings. The number of esters is 2. The van der Waals surface area contributed by atoms with Crippen LogP contribution in [0, 0.1) is 5.92 Å². The molecule has 0 radical (unpaired) electrons. The number of carbonyl (C=O) groups excluding carboxylic acids is 3. The highest BCUT2D eigenvalue weighted by atomic mass is 16.5. The molecule has 0 spiro atoms. The van der Waals surface area contributed by atoms with E-state index >= 15 is 0 Å². The summed E-state index contributed by atoms with van der Waals surface area (Å²) >= 11 is 0. The first kappa shape index (κ1) is 23.8. The van der Waals surface area contributed by atoms with Gasteiger partial charge in [-0.2, -0.15) is 0 Å². The Morgan fingerprint density at radius 2 is 1.69 bits per heavy atom. The van der Waals surface area contributed by atoms with Crippen molar-refractivity contribution >= 4 is 18.0 Å². The Balaban J connectivity index is 1.83. The fourth-order valence-electron chi connectivity index (χ4n) is 4.20. The van der Waals surface area contributed by atoms with Gasteiger partial charge in [0.05, 0.1) is 30.7 Å². The van der Waals surface area contributed by atoms with Crippen molar-refractivity contribution in [2.24, 2.45) is 5.92 Å². The Morgan fingerprint density at radius 1 is 1.03 bits per heavy atom. The average Bonchev–Trinajstić information content (AvgIpc) is 2.79. The summed E-state index contributed by atoms with van der Waals surface area (Å²) in [5.74, 6) is -0.692. The number of hydrogen-bond donors (Lipinski definition) is 2. The molecule has 8 heteroatoms. The highest BCUT2D eigenvalue weighted by Crippen LogP contribution is 2.29. The largest absolute Gasteiger partial charge is 0.466 e. The van der Waals surface area contributed by atoms with Gasteiger partial charge in [-0.15, -0.1) is 0 Å². The molecule has 1 aromatic rings. The maximum atomic E-state index is 12.9. The lowest BCUT2D eigenvalue weighted by Gasteiger charge is -2.35. The van der Waals surface area contributed by atoms with Crippen molar-refractivity contribution in [3.8, 4) is 0 Å². The van der Waals surface area contributed by atoms with Gasteiger partial charge < -0.3 is 20.1 Å². The SMILES string of the molecule is CCOC(=O)C1=C(CN2CCC(C(=O)OCC)CC2)NC(=O)N[C@H]1c1ccc(CC)cc1. The van der Waals surface area contributed by atoms with E-state index in [1.54, 1.807) is 6.92 Å². The molecule has 2 aliphatic heterocycles. The van der Waals surface area contributed by atoms with E-state index < -0.39 is 12.0 Å². The molecule has 2 amide bonds. The lowest BCUT2D eigenvalue weighted by Crippen LogP contribution is -2.49. The van der Waals surface area contributed by atoms with Crippen LogP contribution >= 0.6 is 0 Å². The van der Waals surface area contributed by atoms with E-state index in [0.717, 1.165) is 12.0 Å². The van der Waals surface area contributed by atoms with Gasteiger partial charge in [0.25, 0.3) is 0 Å². The van der Waals surface area contributed by atoms with Gasteiger partial charge in [-0.05, 0) is 57.3 Å². The van der Waals surface area contributed by atoms with Crippen LogP contribution in [0.15, 0.2) is 35.5 Å². The molecule has 0 aromatic heterocycles. The molecule has 32 heavy (non-hydrogen) atoms. The Kier molecular flexibility index (Phi) is 8.27. The van der Waals surface area contributed by atoms with Gasteiger partial charge >= 0.3 is 18.0 Å². The summed E-state index contributed by atoms with van der Waals surface area (Å²) in [4.78, 5) is 39.6. The van der Waals surface area contributed by atoms with Crippen molar-refractivity contribution in [1.82, 2.24) is 15.5 Å². The second-order valence-corrected chi connectivity index (χ2v) is 8.04. The molecular formula is C24H33N3O5. The molecule has 8 nitrogen and oxygen atoms in total. The van der Waals surface area contributed by atoms with Gasteiger partial charge in [0.2, 0.25) is 0 Å². The number of likely N-dealkylation sites (tertiary alicyclic amines) is 1. The average molecular weight is 444 g/mol. The van der Waals surface area contributed by atoms with E-state index in [9.17, 15) is 14.4 Å². The van der Waals surface area contributed by atoms with Gasteiger partial charge in [-0.3, -0.25) is 9.69 Å². The molecule has 0 saturated carbocycles. The van der Waals surface area contributed by atoms with E-state index in [0.29, 0.717) is 50.4 Å². The van der Waals surface area contributed by atoms with Crippen LogP contribution in [0.5, 0.6) is 0 Å². The number of nitrogens with one attached hydrogen (secondary N) is 2. The number of nitrogens with zero attached hydrogens (tertiary/aromatic N) is 1. The van der Waals surface area contributed by atoms with Crippen molar-refractivity contribution in [2.75, 3.05) is 32.8 Å². The van der Waals surface area contributed by atoms with Crippen LogP contribution in [0.2, 0.25) is 0 Å². The van der Waals surface area contributed by atoms with Gasteiger partial charge in [0.15, 0.2) is 0 Å². The number of urea groups is 1. The van der Waals surface area contributed by atoms with Crippen molar-refractivity contribution in [3.63, 3.8) is 0 Å². The Bertz CT molecular complexity index is 857. The lowest BCUT2D eigenvalue weighted by atomic mass is 9.93. The Hall–Kier alpha value is -2.87. The topological polar surface area (TPSA) is 97.0 Å². The third-order valence-corrected chi connectivity index (χ3v) is 5.96. The van der Waals surface area contributed by atoms with Gasteiger partial charge in [-0.25, -0.2) is 9.59 Å². The molecule has 1 saturated heterocycles. The Morgan fingerprint density at radius 3 is 2.28 bits per heavy atom. The second kappa shape index (κ2) is 11.1. The summed E-state index contributed by atoms with van der Waals surface area (Å²) in [7, 11) is 0. The summed E-state index contributed by atoms with van der Waals surface area (Å²) in [6, 6.07) is 6.96. The maximum absolute atomic E-state index is 12.9. The van der Waals surface area contributed by atoms with E-state index in [4.69, 9.17) is 9.47 Å². The van der Waals surface area contributed by atoms with E-state index in [1.165, 1.54) is 5.56 Å². The van der Waals surface area contributed by atoms with Gasteiger partial charge in [0.1, 0.15) is 0 Å². The van der Waals surface area contributed by atoms with Crippen LogP contribution in [-0.2, 0) is 25.5 Å². The molecule has 1 aromatic carbocycles. The second-order valence-electron chi connectivity index (χ2n) is 8.04. The van der Waals surface area contributed by atoms with Gasteiger partial charge in [0, 0.05) is 12.2 Å². The van der Waals surface area contributed by atoms with E-state index in [1.807, 2.05) is 31.2 Å². The molecule has 2 N–H and O–H groups in total. The minimum atomic E-state index is -0.583. The molecule has 0 unspecified atom stereocenters. The summed E-state index contributed by atoms with van der Waals surface area (Å²) in [6.07, 6.45) is 2.29. The normalized spacial score (nSPS) is 19.8. The zero-order valence-corrected chi connectivity index (χ0v) is 19.1. The predicted molar refractivity (Wildman–Crippen MR) is 120 cm³/mol. The molecule has 0 bridgehead atoms. The minimum absolute atomic E-state index is 0.0999. The van der Waals surface area contributed by atoms with Crippen LogP contribution in [-0.4, -0.2) is 55.7 Å². The van der Waals surface area contributed by atoms with Crippen molar-refractivity contribution in [1.29, 1.82) is 0 Å². The quantitative estimate of drug-likeness (QED) is 0.600. The number of carbonyl (C=O) groups is 3. The fourth-order valence-corrected chi connectivity index (χ4v) is 4.20. The van der Waals surface area contributed by atoms with Crippen LogP contribution in [0.25, 0.3) is 0 Å². The van der Waals surface area contributed by atoms with Crippen molar-refractivity contribution in [3.05, 3.63) is 46.7 Å². The first-order chi connectivity index (χ1) is 15.5. The maximum Gasteiger partial charge on any atom is 0.338 e. The monoisotopic (exact) mass is 443 g/mol. The lowest BCUT2D eigenvalue weighted by molar-refractivity contribution is -0.149. The molecular weight excluding hydrogens is 410 g/mol. The molecule has 2 heterocycles. The Labute approximate surface area is 189 Å². The van der Waals surface area contributed by atoms with Gasteiger partial charge in [-0.1, -0.05) is 31.2 Å². The molecule has 174 valence electrons. The number of ether oxygens (including phenoxy) is 2. The summed E-state index contributed by atoms with van der Waals surface area (Å²) in [5.41, 5.74) is 2.98. The zero-order valence-electron chi connectivity index (χ0n) is 19.1. The fraction of sp³-hybridized carbons (Fsp3) is 0.542. The third-order valence-electron chi connectivity index (χ3n) is 5.96. The number of aryl methyl sites for hydroxylation is 1. The number of rotatable bonds is 8. The minimum Gasteiger partial charge on any atom is -0.466 e. The number of hydrogen-bond acceptors (Lipinski definition) is 6. The number of amides is 2. The van der Waals surface area contributed by atoms with Crippen LogP contribution in [0.1, 0.15) is 50.8 Å². The van der Waals surface area contributed by atoms with Crippen LogP contribution < -0.4 is 10.6 Å². The standard InChI is InChI=1S/C24H33N3O5/c1-4-16-7-9-17(10-8-16)21-20(23(29)32-6-3)19(25-24(30)26-21)15-27-13-11-18(12-14-27)22(28)31-5-2/h7-10,18,21H,4-6,11-15H2,1-3H3,(H2,25,26,30)/t21-/m0/s1. The highest BCUT2D eigenvalue weighted by Gasteiger charge is 2.35. The predicted octanol–water partition coefficient (Wildman–Crippen LogP) is 2.70. The molecule has 1 atom stereocenters. The van der Waals surface area contributed by atoms with Crippen molar-refractivity contribution in [2.45, 2.75) is 46.1 Å². The van der Waals surface area contributed by atoms with Crippen molar-refractivity contribution < 1.29 is 23.9 Å². The summed E-state index contributed by atoms with van der Waals surface area (Å²) in [6.45, 7) is 8.05. The van der Waals surface area contributed by atoms with E-state index in [2.05, 4.69) is 22.5 Å². The van der Waals surface area contributed by atoms with E-state index in [-0.39, 0.29) is 24.5 Å². The molecule has 1 fully saturated rings. The molecule has 3 rings (SSSR count). The van der Waals surface area contributed by atoms with Crippen LogP contribution in [0.3, 0.4) is 0 Å². The highest BCUT2D eigenvalue weighted by molar-refractivity contribution is 5.95. The number of piperidine rings is 1. The smallest absolute Gasteiger partial charge is 0.338 e. The summed E-state index contributed by atoms with van der Waals surface area (Å²) in [5, 5.41) is 5.70. The third kappa shape index (κ3) is 5.68. The first-order valence-corrected chi connectivity index (χ1v) is 11.4. The first-order valence-electron chi connectivity index (χ1n) is 11.4. The summed E-state index contributed by atoms with van der Waals surface area (Å²) < 4.78 is 10.5. The number of benzene rings is 1. The molecule has 0 aliphatic carbocycles. The van der Waals surface area contributed by atoms with Crippen LogP contribution in [0.4, 0.5) is 4.79 Å².